The monoisotopic (exact) mass is 397 g/mol. The number of thioether (sulfide) groups is 1. The molecule has 2 heterocycles. The molecule has 0 saturated heterocycles. The molecule has 6 nitrogen and oxygen atoms in total. The van der Waals surface area contributed by atoms with Gasteiger partial charge in [-0.2, -0.15) is 4.99 Å². The highest BCUT2D eigenvalue weighted by Gasteiger charge is 2.29. The van der Waals surface area contributed by atoms with Gasteiger partial charge in [0.05, 0.1) is 11.0 Å². The summed E-state index contributed by atoms with van der Waals surface area (Å²) >= 11 is 7.42. The molecule has 4 rings (SSSR count). The minimum Gasteiger partial charge on any atom is -0.305 e. The number of amides is 1. The van der Waals surface area contributed by atoms with Crippen LogP contribution in [0.3, 0.4) is 0 Å². The molecule has 136 valence electrons. The van der Waals surface area contributed by atoms with Crippen LogP contribution < -0.4 is 0 Å². The van der Waals surface area contributed by atoms with Crippen molar-refractivity contribution in [2.75, 3.05) is 0 Å². The molecule has 1 aromatic heterocycles. The van der Waals surface area contributed by atoms with Crippen molar-refractivity contribution < 1.29 is 4.79 Å². The second-order valence-electron chi connectivity index (χ2n) is 6.20. The van der Waals surface area contributed by atoms with E-state index >= 15 is 0 Å². The van der Waals surface area contributed by atoms with Crippen molar-refractivity contribution in [1.82, 2.24) is 14.8 Å². The van der Waals surface area contributed by atoms with Gasteiger partial charge >= 0.3 is 0 Å². The molecule has 2 aliphatic rings. The predicted molar refractivity (Wildman–Crippen MR) is 108 cm³/mol. The zero-order chi connectivity index (χ0) is 19.0. The standard InChI is InChI=1S/C19H16ClN5OS/c1-11(16-21-15-6-4-3-5-14(15)18(26)22-16)27-19-24-23-17(25(19)2)12-7-9-13(20)10-8-12/h3-11,14H,1-2H3. The molecule has 0 N–H and O–H groups in total. The summed E-state index contributed by atoms with van der Waals surface area (Å²) in [6, 6.07) is 7.45. The van der Waals surface area contributed by atoms with E-state index in [4.69, 9.17) is 11.6 Å². The normalized spacial score (nSPS) is 19.5. The van der Waals surface area contributed by atoms with Crippen LogP contribution in [0.1, 0.15) is 6.92 Å². The molecule has 1 aliphatic heterocycles. The van der Waals surface area contributed by atoms with Gasteiger partial charge in [0.25, 0.3) is 5.91 Å². The van der Waals surface area contributed by atoms with Gasteiger partial charge in [-0.05, 0) is 37.3 Å². The summed E-state index contributed by atoms with van der Waals surface area (Å²) in [4.78, 5) is 21.0. The highest BCUT2D eigenvalue weighted by Crippen LogP contribution is 2.28. The Balaban J connectivity index is 1.55. The van der Waals surface area contributed by atoms with Gasteiger partial charge in [0.15, 0.2) is 11.0 Å². The van der Waals surface area contributed by atoms with E-state index in [1.54, 1.807) is 0 Å². The zero-order valence-electron chi connectivity index (χ0n) is 14.7. The number of carbonyl (C=O) groups is 1. The molecule has 2 unspecified atom stereocenters. The lowest BCUT2D eigenvalue weighted by atomic mass is 9.96. The van der Waals surface area contributed by atoms with Crippen LogP contribution in [-0.2, 0) is 11.8 Å². The third-order valence-corrected chi connectivity index (χ3v) is 5.70. The first-order valence-electron chi connectivity index (χ1n) is 8.41. The van der Waals surface area contributed by atoms with Gasteiger partial charge in [-0.25, -0.2) is 4.99 Å². The van der Waals surface area contributed by atoms with Gasteiger partial charge in [-0.1, -0.05) is 41.6 Å². The van der Waals surface area contributed by atoms with Crippen molar-refractivity contribution in [2.24, 2.45) is 23.0 Å². The quantitative estimate of drug-likeness (QED) is 0.737. The third kappa shape index (κ3) is 3.52. The molecular weight excluding hydrogens is 382 g/mol. The number of fused-ring (bicyclic) bond motifs is 1. The zero-order valence-corrected chi connectivity index (χ0v) is 16.3. The maximum Gasteiger partial charge on any atom is 0.260 e. The number of aromatic nitrogens is 3. The second-order valence-corrected chi connectivity index (χ2v) is 7.94. The van der Waals surface area contributed by atoms with E-state index < -0.39 is 0 Å². The van der Waals surface area contributed by atoms with E-state index in [0.29, 0.717) is 10.9 Å². The van der Waals surface area contributed by atoms with Gasteiger partial charge in [-0.3, -0.25) is 4.79 Å². The van der Waals surface area contributed by atoms with E-state index in [1.165, 1.54) is 11.8 Å². The summed E-state index contributed by atoms with van der Waals surface area (Å²) in [6.45, 7) is 1.96. The Labute approximate surface area is 165 Å². The Bertz CT molecular complexity index is 1020. The number of hydrogen-bond acceptors (Lipinski definition) is 5. The van der Waals surface area contributed by atoms with Crippen LogP contribution >= 0.6 is 23.4 Å². The van der Waals surface area contributed by atoms with Crippen LogP contribution in [0.25, 0.3) is 11.4 Å². The maximum atomic E-state index is 12.3. The molecule has 0 radical (unpaired) electrons. The fraction of sp³-hybridized carbons (Fsp3) is 0.211. The minimum atomic E-state index is -0.359. The number of aliphatic imine (C=N–C) groups is 2. The van der Waals surface area contributed by atoms with Crippen molar-refractivity contribution >= 4 is 40.8 Å². The molecule has 8 heteroatoms. The lowest BCUT2D eigenvalue weighted by molar-refractivity contribution is -0.118. The summed E-state index contributed by atoms with van der Waals surface area (Å²) in [5, 5.41) is 9.82. The minimum absolute atomic E-state index is 0.136. The van der Waals surface area contributed by atoms with Gasteiger partial charge < -0.3 is 4.57 Å². The number of amidine groups is 1. The van der Waals surface area contributed by atoms with Crippen LogP contribution in [0.5, 0.6) is 0 Å². The van der Waals surface area contributed by atoms with E-state index in [9.17, 15) is 4.79 Å². The number of benzene rings is 1. The SMILES string of the molecule is CC(Sc1nnc(-c2ccc(Cl)cc2)n1C)C1=NC(=O)C2C=CC=CC2=N1. The smallest absolute Gasteiger partial charge is 0.260 e. The first-order chi connectivity index (χ1) is 13.0. The van der Waals surface area contributed by atoms with Gasteiger partial charge in [0, 0.05) is 17.6 Å². The summed E-state index contributed by atoms with van der Waals surface area (Å²) in [5.74, 6) is 0.715. The van der Waals surface area contributed by atoms with Crippen LogP contribution in [0.4, 0.5) is 0 Å². The Morgan fingerprint density at radius 1 is 1.15 bits per heavy atom. The molecule has 0 bridgehead atoms. The number of hydrogen-bond donors (Lipinski definition) is 0. The van der Waals surface area contributed by atoms with Crippen molar-refractivity contribution in [1.29, 1.82) is 0 Å². The Kier molecular flexibility index (Phi) is 4.80. The fourth-order valence-electron chi connectivity index (χ4n) is 2.85. The first-order valence-corrected chi connectivity index (χ1v) is 9.66. The number of halogens is 1. The molecular formula is C19H16ClN5OS. The Morgan fingerprint density at radius 3 is 2.70 bits per heavy atom. The molecule has 1 amide bonds. The highest BCUT2D eigenvalue weighted by atomic mass is 35.5. The highest BCUT2D eigenvalue weighted by molar-refractivity contribution is 8.00. The summed E-state index contributed by atoms with van der Waals surface area (Å²) in [5.41, 5.74) is 1.67. The molecule has 2 aromatic rings. The number of nitrogens with zero attached hydrogens (tertiary/aromatic N) is 5. The van der Waals surface area contributed by atoms with E-state index in [2.05, 4.69) is 20.2 Å². The molecule has 0 spiro atoms. The maximum absolute atomic E-state index is 12.3. The van der Waals surface area contributed by atoms with Crippen molar-refractivity contribution in [3.63, 3.8) is 0 Å². The molecule has 27 heavy (non-hydrogen) atoms. The van der Waals surface area contributed by atoms with Crippen molar-refractivity contribution in [3.05, 3.63) is 53.6 Å². The van der Waals surface area contributed by atoms with Gasteiger partial charge in [-0.15, -0.1) is 10.2 Å². The van der Waals surface area contributed by atoms with Crippen molar-refractivity contribution in [2.45, 2.75) is 17.3 Å². The first kappa shape index (κ1) is 17.9. The van der Waals surface area contributed by atoms with Crippen LogP contribution in [0, 0.1) is 5.92 Å². The molecule has 1 aromatic carbocycles. The average Bonchev–Trinajstić information content (AvgIpc) is 3.03. The van der Waals surface area contributed by atoms with Gasteiger partial charge in [0.2, 0.25) is 0 Å². The van der Waals surface area contributed by atoms with Crippen LogP contribution in [-0.4, -0.2) is 37.5 Å². The lowest BCUT2D eigenvalue weighted by Crippen LogP contribution is -2.30. The van der Waals surface area contributed by atoms with Crippen LogP contribution in [0.2, 0.25) is 5.02 Å². The van der Waals surface area contributed by atoms with E-state index in [0.717, 1.165) is 22.3 Å². The number of carbonyl (C=O) groups excluding carboxylic acids is 1. The molecule has 1 aliphatic carbocycles. The topological polar surface area (TPSA) is 72.5 Å². The molecule has 2 atom stereocenters. The van der Waals surface area contributed by atoms with Gasteiger partial charge in [0.1, 0.15) is 11.8 Å². The largest absolute Gasteiger partial charge is 0.305 e. The number of allylic oxidation sites excluding steroid dienone is 3. The van der Waals surface area contributed by atoms with Crippen molar-refractivity contribution in [3.8, 4) is 11.4 Å². The number of rotatable bonds is 4. The molecule has 0 saturated carbocycles. The summed E-state index contributed by atoms with van der Waals surface area (Å²) < 4.78 is 1.91. The van der Waals surface area contributed by atoms with E-state index in [1.807, 2.05) is 67.1 Å². The second kappa shape index (κ2) is 7.25. The Hall–Kier alpha value is -2.51. The Morgan fingerprint density at radius 2 is 1.93 bits per heavy atom. The summed E-state index contributed by atoms with van der Waals surface area (Å²) in [6.07, 6.45) is 7.40. The van der Waals surface area contributed by atoms with Crippen LogP contribution in [0.15, 0.2) is 63.7 Å². The fourth-order valence-corrected chi connectivity index (χ4v) is 3.83. The average molecular weight is 398 g/mol. The van der Waals surface area contributed by atoms with E-state index in [-0.39, 0.29) is 17.1 Å². The lowest BCUT2D eigenvalue weighted by Gasteiger charge is -2.20. The summed E-state index contributed by atoms with van der Waals surface area (Å²) in [7, 11) is 1.91. The molecule has 0 fully saturated rings. The third-order valence-electron chi connectivity index (χ3n) is 4.32. The predicted octanol–water partition coefficient (Wildman–Crippen LogP) is 3.74.